The van der Waals surface area contributed by atoms with E-state index >= 15 is 0 Å². The third kappa shape index (κ3) is 1.55. The van der Waals surface area contributed by atoms with Crippen molar-refractivity contribution in [3.63, 3.8) is 0 Å². The van der Waals surface area contributed by atoms with E-state index in [0.29, 0.717) is 12.5 Å². The van der Waals surface area contributed by atoms with Gasteiger partial charge in [-0.3, -0.25) is 0 Å². The molecule has 0 saturated carbocycles. The van der Waals surface area contributed by atoms with Gasteiger partial charge < -0.3 is 16.0 Å². The number of nitrogen functional groups attached to an aromatic ring is 1. The van der Waals surface area contributed by atoms with Crippen molar-refractivity contribution in [3.8, 4) is 0 Å². The van der Waals surface area contributed by atoms with Crippen LogP contribution in [-0.4, -0.2) is 9.55 Å². The van der Waals surface area contributed by atoms with E-state index in [-0.39, 0.29) is 5.54 Å². The lowest BCUT2D eigenvalue weighted by molar-refractivity contribution is 0.414. The summed E-state index contributed by atoms with van der Waals surface area (Å²) < 4.78 is 2.04. The van der Waals surface area contributed by atoms with Gasteiger partial charge in [0.05, 0.1) is 11.0 Å². The molecule has 0 radical (unpaired) electrons. The Morgan fingerprint density at radius 2 is 2.00 bits per heavy atom. The zero-order chi connectivity index (χ0) is 11.9. The van der Waals surface area contributed by atoms with Gasteiger partial charge in [-0.2, -0.15) is 0 Å². The van der Waals surface area contributed by atoms with Crippen molar-refractivity contribution in [1.29, 1.82) is 0 Å². The number of nitrogens with two attached hydrogens (primary N) is 2. The van der Waals surface area contributed by atoms with Gasteiger partial charge in [0, 0.05) is 12.1 Å². The second-order valence-electron chi connectivity index (χ2n) is 4.97. The highest BCUT2D eigenvalue weighted by Gasteiger charge is 2.20. The summed E-state index contributed by atoms with van der Waals surface area (Å²) in [5, 5.41) is 0. The van der Waals surface area contributed by atoms with Crippen molar-refractivity contribution in [1.82, 2.24) is 9.55 Å². The smallest absolute Gasteiger partial charge is 0.201 e. The van der Waals surface area contributed by atoms with Gasteiger partial charge in [-0.25, -0.2) is 4.98 Å². The summed E-state index contributed by atoms with van der Waals surface area (Å²) in [6, 6.07) is 6.01. The second kappa shape index (κ2) is 3.49. The molecular weight excluding hydrogens is 200 g/mol. The molecule has 86 valence electrons. The minimum Gasteiger partial charge on any atom is -0.369 e. The van der Waals surface area contributed by atoms with Gasteiger partial charge in [0.1, 0.15) is 0 Å². The molecule has 1 heterocycles. The van der Waals surface area contributed by atoms with Gasteiger partial charge in [-0.15, -0.1) is 0 Å². The van der Waals surface area contributed by atoms with E-state index in [1.807, 2.05) is 22.8 Å². The number of benzene rings is 1. The largest absolute Gasteiger partial charge is 0.369 e. The zero-order valence-corrected chi connectivity index (χ0v) is 9.99. The third-order valence-electron chi connectivity index (χ3n) is 2.69. The van der Waals surface area contributed by atoms with E-state index in [0.717, 1.165) is 16.6 Å². The first kappa shape index (κ1) is 11.0. The molecule has 0 unspecified atom stereocenters. The van der Waals surface area contributed by atoms with Crippen molar-refractivity contribution < 1.29 is 0 Å². The number of hydrogen-bond donors (Lipinski definition) is 2. The lowest BCUT2D eigenvalue weighted by Crippen LogP contribution is -2.23. The minimum absolute atomic E-state index is 0.0773. The number of nitrogens with zero attached hydrogens (tertiary/aromatic N) is 2. The van der Waals surface area contributed by atoms with Crippen molar-refractivity contribution >= 4 is 17.0 Å². The maximum Gasteiger partial charge on any atom is 0.201 e. The van der Waals surface area contributed by atoms with Crippen LogP contribution in [0.25, 0.3) is 11.0 Å². The average Bonchev–Trinajstić information content (AvgIpc) is 2.52. The molecule has 0 atom stereocenters. The summed E-state index contributed by atoms with van der Waals surface area (Å²) in [5.41, 5.74) is 14.6. The van der Waals surface area contributed by atoms with Crippen LogP contribution in [0.5, 0.6) is 0 Å². The quantitative estimate of drug-likeness (QED) is 0.767. The Labute approximate surface area is 95.3 Å². The first-order valence-corrected chi connectivity index (χ1v) is 5.41. The van der Waals surface area contributed by atoms with Crippen LogP contribution in [0.3, 0.4) is 0 Å². The lowest BCUT2D eigenvalue weighted by Gasteiger charge is -2.23. The van der Waals surface area contributed by atoms with Crippen molar-refractivity contribution in [2.24, 2.45) is 5.73 Å². The highest BCUT2D eigenvalue weighted by Crippen LogP contribution is 2.27. The Morgan fingerprint density at radius 3 is 2.56 bits per heavy atom. The van der Waals surface area contributed by atoms with E-state index in [1.54, 1.807) is 0 Å². The number of rotatable bonds is 1. The highest BCUT2D eigenvalue weighted by atomic mass is 15.2. The molecule has 4 heteroatoms. The van der Waals surface area contributed by atoms with Gasteiger partial charge in [0.15, 0.2) is 0 Å². The molecule has 0 bridgehead atoms. The van der Waals surface area contributed by atoms with Crippen LogP contribution in [0, 0.1) is 0 Å². The van der Waals surface area contributed by atoms with E-state index < -0.39 is 0 Å². The fourth-order valence-electron chi connectivity index (χ4n) is 2.04. The SMILES string of the molecule is CC(C)(C)n1c(N)nc2c(CN)cccc21. The van der Waals surface area contributed by atoms with Crippen LogP contribution < -0.4 is 11.5 Å². The topological polar surface area (TPSA) is 69.9 Å². The second-order valence-corrected chi connectivity index (χ2v) is 4.97. The molecule has 0 aliphatic heterocycles. The van der Waals surface area contributed by atoms with E-state index in [9.17, 15) is 0 Å². The van der Waals surface area contributed by atoms with Crippen LogP contribution in [0.1, 0.15) is 26.3 Å². The van der Waals surface area contributed by atoms with Gasteiger partial charge in [0.25, 0.3) is 0 Å². The van der Waals surface area contributed by atoms with E-state index in [4.69, 9.17) is 11.5 Å². The average molecular weight is 218 g/mol. The minimum atomic E-state index is -0.0773. The summed E-state index contributed by atoms with van der Waals surface area (Å²) in [6.07, 6.45) is 0. The first-order valence-electron chi connectivity index (χ1n) is 5.41. The van der Waals surface area contributed by atoms with Crippen LogP contribution in [-0.2, 0) is 12.1 Å². The fourth-order valence-corrected chi connectivity index (χ4v) is 2.04. The predicted molar refractivity (Wildman–Crippen MR) is 67.0 cm³/mol. The molecule has 0 amide bonds. The van der Waals surface area contributed by atoms with Crippen LogP contribution in [0.2, 0.25) is 0 Å². The Kier molecular flexibility index (Phi) is 2.39. The molecule has 4 N–H and O–H groups in total. The molecule has 4 nitrogen and oxygen atoms in total. The molecule has 0 aliphatic carbocycles. The molecule has 16 heavy (non-hydrogen) atoms. The molecule has 0 spiro atoms. The van der Waals surface area contributed by atoms with Crippen LogP contribution >= 0.6 is 0 Å². The Bertz CT molecular complexity index is 520. The standard InChI is InChI=1S/C12H18N4/c1-12(2,3)16-9-6-4-5-8(7-13)10(9)15-11(16)14/h4-6H,7,13H2,1-3H3,(H2,14,15). The number of imidazole rings is 1. The summed E-state index contributed by atoms with van der Waals surface area (Å²) >= 11 is 0. The summed E-state index contributed by atoms with van der Waals surface area (Å²) in [5.74, 6) is 0.545. The number of hydrogen-bond acceptors (Lipinski definition) is 3. The first-order chi connectivity index (χ1) is 7.45. The number of aromatic nitrogens is 2. The van der Waals surface area contributed by atoms with Crippen LogP contribution in [0.4, 0.5) is 5.95 Å². The summed E-state index contributed by atoms with van der Waals surface area (Å²) in [7, 11) is 0. The maximum atomic E-state index is 5.97. The van der Waals surface area contributed by atoms with E-state index in [1.165, 1.54) is 0 Å². The number of fused-ring (bicyclic) bond motifs is 1. The predicted octanol–water partition coefficient (Wildman–Crippen LogP) is 1.83. The summed E-state index contributed by atoms with van der Waals surface area (Å²) in [4.78, 5) is 4.41. The number of para-hydroxylation sites is 1. The maximum absolute atomic E-state index is 5.97. The molecule has 0 saturated heterocycles. The van der Waals surface area contributed by atoms with Gasteiger partial charge in [-0.1, -0.05) is 12.1 Å². The Balaban J connectivity index is 2.81. The Morgan fingerprint density at radius 1 is 1.31 bits per heavy atom. The molecule has 0 fully saturated rings. The molecule has 0 aliphatic rings. The number of anilines is 1. The van der Waals surface area contributed by atoms with E-state index in [2.05, 4.69) is 25.8 Å². The molecule has 2 rings (SSSR count). The summed E-state index contributed by atoms with van der Waals surface area (Å²) in [6.45, 7) is 6.82. The van der Waals surface area contributed by atoms with Gasteiger partial charge in [-0.05, 0) is 32.4 Å². The molecular formula is C12H18N4. The molecule has 1 aromatic carbocycles. The Hall–Kier alpha value is -1.55. The van der Waals surface area contributed by atoms with Crippen molar-refractivity contribution in [2.75, 3.05) is 5.73 Å². The monoisotopic (exact) mass is 218 g/mol. The fraction of sp³-hybridized carbons (Fsp3) is 0.417. The van der Waals surface area contributed by atoms with Gasteiger partial charge in [0.2, 0.25) is 5.95 Å². The van der Waals surface area contributed by atoms with Crippen molar-refractivity contribution in [3.05, 3.63) is 23.8 Å². The highest BCUT2D eigenvalue weighted by molar-refractivity contribution is 5.82. The molecule has 1 aromatic heterocycles. The lowest BCUT2D eigenvalue weighted by atomic mass is 10.1. The molecule has 2 aromatic rings. The van der Waals surface area contributed by atoms with Crippen molar-refractivity contribution in [2.45, 2.75) is 32.9 Å². The van der Waals surface area contributed by atoms with Crippen LogP contribution in [0.15, 0.2) is 18.2 Å². The zero-order valence-electron chi connectivity index (χ0n) is 9.99. The van der Waals surface area contributed by atoms with Gasteiger partial charge >= 0.3 is 0 Å². The third-order valence-corrected chi connectivity index (χ3v) is 2.69. The normalized spacial score (nSPS) is 12.2.